The molecule has 0 atom stereocenters. The van der Waals surface area contributed by atoms with Crippen LogP contribution in [-0.2, 0) is 4.79 Å². The lowest BCUT2D eigenvalue weighted by molar-refractivity contribution is -0.132. The van der Waals surface area contributed by atoms with Crippen molar-refractivity contribution in [1.29, 1.82) is 0 Å². The van der Waals surface area contributed by atoms with Crippen molar-refractivity contribution in [3.05, 3.63) is 18.0 Å². The molecular weight excluding hydrogens is 262 g/mol. The number of carbonyl (C=O) groups excluding carboxylic acids is 1. The van der Waals surface area contributed by atoms with Gasteiger partial charge in [-0.05, 0) is 18.2 Å². The van der Waals surface area contributed by atoms with E-state index in [0.29, 0.717) is 18.2 Å². The van der Waals surface area contributed by atoms with Crippen molar-refractivity contribution in [3.8, 4) is 6.01 Å². The quantitative estimate of drug-likeness (QED) is 0.849. The Balaban J connectivity index is 1.80. The minimum atomic E-state index is 0.0998. The standard InChI is InChI=1S/C13H19N3O2S/c1-10-8-14-13(15-9-10)18-11-2-5-16(6-3-11)12(17)4-7-19/h8-9,11,19H,2-7H2,1H3. The number of hydrogen-bond acceptors (Lipinski definition) is 5. The second-order valence-corrected chi connectivity index (χ2v) is 5.16. The average molecular weight is 281 g/mol. The van der Waals surface area contributed by atoms with Crippen molar-refractivity contribution in [1.82, 2.24) is 14.9 Å². The van der Waals surface area contributed by atoms with Crippen LogP contribution in [0.1, 0.15) is 24.8 Å². The predicted octanol–water partition coefficient (Wildman–Crippen LogP) is 1.47. The molecule has 19 heavy (non-hydrogen) atoms. The molecule has 6 heteroatoms. The Labute approximate surface area is 118 Å². The normalized spacial score (nSPS) is 16.4. The number of ether oxygens (including phenoxy) is 1. The van der Waals surface area contributed by atoms with Crippen LogP contribution < -0.4 is 4.74 Å². The van der Waals surface area contributed by atoms with E-state index in [-0.39, 0.29) is 12.0 Å². The van der Waals surface area contributed by atoms with E-state index in [1.165, 1.54) is 0 Å². The van der Waals surface area contributed by atoms with Crippen LogP contribution in [0, 0.1) is 6.92 Å². The van der Waals surface area contributed by atoms with E-state index in [2.05, 4.69) is 22.6 Å². The zero-order valence-corrected chi connectivity index (χ0v) is 12.0. The first kappa shape index (κ1) is 14.1. The molecule has 1 aliphatic rings. The van der Waals surface area contributed by atoms with E-state index in [1.54, 1.807) is 12.4 Å². The van der Waals surface area contributed by atoms with Crippen LogP contribution >= 0.6 is 12.6 Å². The number of thiol groups is 1. The minimum Gasteiger partial charge on any atom is -0.460 e. The van der Waals surface area contributed by atoms with Gasteiger partial charge in [-0.1, -0.05) is 0 Å². The van der Waals surface area contributed by atoms with Gasteiger partial charge in [0, 0.05) is 44.7 Å². The highest BCUT2D eigenvalue weighted by molar-refractivity contribution is 7.80. The maximum atomic E-state index is 11.7. The second kappa shape index (κ2) is 6.75. The first-order valence-electron chi connectivity index (χ1n) is 6.53. The maximum Gasteiger partial charge on any atom is 0.316 e. The van der Waals surface area contributed by atoms with Crippen molar-refractivity contribution >= 4 is 18.5 Å². The summed E-state index contributed by atoms with van der Waals surface area (Å²) in [6.07, 6.45) is 5.75. The molecule has 1 fully saturated rings. The van der Waals surface area contributed by atoms with E-state index < -0.39 is 0 Å². The predicted molar refractivity (Wildman–Crippen MR) is 75.5 cm³/mol. The average Bonchev–Trinajstić information content (AvgIpc) is 2.42. The molecule has 2 heterocycles. The van der Waals surface area contributed by atoms with Crippen LogP contribution in [0.25, 0.3) is 0 Å². The highest BCUT2D eigenvalue weighted by Gasteiger charge is 2.23. The third kappa shape index (κ3) is 4.09. The summed E-state index contributed by atoms with van der Waals surface area (Å²) in [5, 5.41) is 0. The smallest absolute Gasteiger partial charge is 0.316 e. The Bertz CT molecular complexity index is 416. The first-order valence-corrected chi connectivity index (χ1v) is 7.16. The molecule has 1 saturated heterocycles. The van der Waals surface area contributed by atoms with Gasteiger partial charge in [0.25, 0.3) is 0 Å². The van der Waals surface area contributed by atoms with Gasteiger partial charge in [-0.3, -0.25) is 4.79 Å². The van der Waals surface area contributed by atoms with Gasteiger partial charge >= 0.3 is 6.01 Å². The summed E-state index contributed by atoms with van der Waals surface area (Å²) in [6.45, 7) is 3.42. The van der Waals surface area contributed by atoms with Crippen molar-refractivity contribution < 1.29 is 9.53 Å². The number of aryl methyl sites for hydroxylation is 1. The zero-order chi connectivity index (χ0) is 13.7. The van der Waals surface area contributed by atoms with Gasteiger partial charge in [0.1, 0.15) is 6.10 Å². The molecule has 0 radical (unpaired) electrons. The summed E-state index contributed by atoms with van der Waals surface area (Å²) in [5.74, 6) is 0.784. The summed E-state index contributed by atoms with van der Waals surface area (Å²) in [6, 6.07) is 0.422. The van der Waals surface area contributed by atoms with Gasteiger partial charge in [-0.15, -0.1) is 0 Å². The molecule has 0 aliphatic carbocycles. The number of amides is 1. The van der Waals surface area contributed by atoms with Crippen LogP contribution in [0.3, 0.4) is 0 Å². The number of piperidine rings is 1. The molecular formula is C13H19N3O2S. The largest absolute Gasteiger partial charge is 0.460 e. The Morgan fingerprint density at radius 3 is 2.63 bits per heavy atom. The Kier molecular flexibility index (Phi) is 5.01. The van der Waals surface area contributed by atoms with E-state index in [9.17, 15) is 4.79 Å². The third-order valence-corrected chi connectivity index (χ3v) is 3.37. The monoisotopic (exact) mass is 281 g/mol. The summed E-state index contributed by atoms with van der Waals surface area (Å²) in [7, 11) is 0. The van der Waals surface area contributed by atoms with Gasteiger partial charge in [-0.2, -0.15) is 12.6 Å². The molecule has 5 nitrogen and oxygen atoms in total. The molecule has 104 valence electrons. The SMILES string of the molecule is Cc1cnc(OC2CCN(C(=O)CCS)CC2)nc1. The fourth-order valence-electron chi connectivity index (χ4n) is 2.07. The van der Waals surface area contributed by atoms with Crippen LogP contribution in [0.15, 0.2) is 12.4 Å². The molecule has 1 aromatic heterocycles. The maximum absolute atomic E-state index is 11.7. The lowest BCUT2D eigenvalue weighted by atomic mass is 10.1. The molecule has 0 spiro atoms. The summed E-state index contributed by atoms with van der Waals surface area (Å²) < 4.78 is 5.72. The highest BCUT2D eigenvalue weighted by atomic mass is 32.1. The molecule has 2 rings (SSSR count). The van der Waals surface area contributed by atoms with E-state index >= 15 is 0 Å². The zero-order valence-electron chi connectivity index (χ0n) is 11.1. The number of hydrogen-bond donors (Lipinski definition) is 1. The molecule has 0 unspecified atom stereocenters. The van der Waals surface area contributed by atoms with Gasteiger partial charge < -0.3 is 9.64 Å². The lowest BCUT2D eigenvalue weighted by Crippen LogP contribution is -2.42. The number of nitrogens with zero attached hydrogens (tertiary/aromatic N) is 3. The number of aromatic nitrogens is 2. The topological polar surface area (TPSA) is 55.3 Å². The Hall–Kier alpha value is -1.30. The molecule has 0 aromatic carbocycles. The van der Waals surface area contributed by atoms with Gasteiger partial charge in [-0.25, -0.2) is 9.97 Å². The summed E-state index contributed by atoms with van der Waals surface area (Å²) in [5.41, 5.74) is 1.01. The number of carbonyl (C=O) groups is 1. The van der Waals surface area contributed by atoms with Crippen molar-refractivity contribution in [3.63, 3.8) is 0 Å². The fourth-order valence-corrected chi connectivity index (χ4v) is 2.26. The van der Waals surface area contributed by atoms with Crippen molar-refractivity contribution in [2.75, 3.05) is 18.8 Å². The third-order valence-electron chi connectivity index (χ3n) is 3.15. The molecule has 1 amide bonds. The van der Waals surface area contributed by atoms with Crippen LogP contribution in [-0.4, -0.2) is 45.7 Å². The molecule has 0 bridgehead atoms. The van der Waals surface area contributed by atoms with Crippen LogP contribution in [0.4, 0.5) is 0 Å². The first-order chi connectivity index (χ1) is 9.19. The van der Waals surface area contributed by atoms with Gasteiger partial charge in [0.15, 0.2) is 0 Å². The molecule has 0 N–H and O–H groups in total. The van der Waals surface area contributed by atoms with E-state index in [1.807, 2.05) is 11.8 Å². The molecule has 1 aromatic rings. The van der Waals surface area contributed by atoms with Crippen molar-refractivity contribution in [2.24, 2.45) is 0 Å². The second-order valence-electron chi connectivity index (χ2n) is 4.71. The Morgan fingerprint density at radius 2 is 2.05 bits per heavy atom. The summed E-state index contributed by atoms with van der Waals surface area (Å²) in [4.78, 5) is 21.9. The molecule has 0 saturated carbocycles. The minimum absolute atomic E-state index is 0.0998. The van der Waals surface area contributed by atoms with Crippen LogP contribution in [0.5, 0.6) is 6.01 Å². The van der Waals surface area contributed by atoms with Crippen molar-refractivity contribution in [2.45, 2.75) is 32.3 Å². The highest BCUT2D eigenvalue weighted by Crippen LogP contribution is 2.16. The number of likely N-dealkylation sites (tertiary alicyclic amines) is 1. The van der Waals surface area contributed by atoms with E-state index in [0.717, 1.165) is 31.5 Å². The lowest BCUT2D eigenvalue weighted by Gasteiger charge is -2.31. The van der Waals surface area contributed by atoms with Gasteiger partial charge in [0.05, 0.1) is 0 Å². The fraction of sp³-hybridized carbons (Fsp3) is 0.615. The molecule has 1 aliphatic heterocycles. The summed E-state index contributed by atoms with van der Waals surface area (Å²) >= 11 is 4.08. The van der Waals surface area contributed by atoms with E-state index in [4.69, 9.17) is 4.74 Å². The van der Waals surface area contributed by atoms with Crippen LogP contribution in [0.2, 0.25) is 0 Å². The Morgan fingerprint density at radius 1 is 1.42 bits per heavy atom. The van der Waals surface area contributed by atoms with Gasteiger partial charge in [0.2, 0.25) is 5.91 Å². The number of rotatable bonds is 4.